The summed E-state index contributed by atoms with van der Waals surface area (Å²) >= 11 is 0. The molecule has 2 aromatic carbocycles. The summed E-state index contributed by atoms with van der Waals surface area (Å²) in [5.41, 5.74) is 9.77. The number of halogens is 1. The third-order valence-corrected chi connectivity index (χ3v) is 5.48. The number of rotatable bonds is 4. The van der Waals surface area contributed by atoms with Gasteiger partial charge in [0.25, 0.3) is 5.91 Å². The largest absolute Gasteiger partial charge is 0.398 e. The van der Waals surface area contributed by atoms with Crippen molar-refractivity contribution in [1.29, 1.82) is 10.7 Å². The summed E-state index contributed by atoms with van der Waals surface area (Å²) in [5, 5.41) is 16.6. The highest BCUT2D eigenvalue weighted by Crippen LogP contribution is 2.30. The van der Waals surface area contributed by atoms with E-state index >= 15 is 0 Å². The van der Waals surface area contributed by atoms with Gasteiger partial charge in [0.2, 0.25) is 0 Å². The van der Waals surface area contributed by atoms with Crippen LogP contribution >= 0.6 is 0 Å². The van der Waals surface area contributed by atoms with Gasteiger partial charge in [-0.2, -0.15) is 5.26 Å². The molecule has 29 heavy (non-hydrogen) atoms. The predicted molar refractivity (Wildman–Crippen MR) is 111 cm³/mol. The second kappa shape index (κ2) is 7.88. The molecular formula is C23H23FN4O. The van der Waals surface area contributed by atoms with Crippen molar-refractivity contribution in [2.24, 2.45) is 5.73 Å². The molecule has 2 aromatic rings. The number of allylic oxidation sites excluding steroid dienone is 1. The Morgan fingerprint density at radius 1 is 1.21 bits per heavy atom. The quantitative estimate of drug-likeness (QED) is 0.773. The minimum atomic E-state index is -0.504. The standard InChI is InChI=1S/C23H23FN4O/c1-13-8-21(24)20(22(27)14(2)15(3)26)9-19(13)23(29)28-11-18(12-28)17-6-4-16(10-25)5-7-17/h4-9,18,26H,11-12,27H2,1-3H3/b22-14-,26-15?. The number of amides is 1. The Labute approximate surface area is 169 Å². The molecule has 0 spiro atoms. The van der Waals surface area contributed by atoms with Gasteiger partial charge in [0.1, 0.15) is 5.82 Å². The zero-order valence-electron chi connectivity index (χ0n) is 16.7. The van der Waals surface area contributed by atoms with Crippen molar-refractivity contribution in [3.8, 4) is 6.07 Å². The van der Waals surface area contributed by atoms with Crippen LogP contribution in [0, 0.1) is 29.5 Å². The van der Waals surface area contributed by atoms with Gasteiger partial charge in [0.05, 0.1) is 11.6 Å². The zero-order chi connectivity index (χ0) is 21.3. The number of benzene rings is 2. The third kappa shape index (κ3) is 3.90. The molecule has 1 saturated heterocycles. The first kappa shape index (κ1) is 20.3. The van der Waals surface area contributed by atoms with Gasteiger partial charge in [-0.3, -0.25) is 4.79 Å². The minimum Gasteiger partial charge on any atom is -0.398 e. The van der Waals surface area contributed by atoms with Gasteiger partial charge in [-0.1, -0.05) is 12.1 Å². The number of aryl methyl sites for hydroxylation is 1. The maximum absolute atomic E-state index is 14.5. The van der Waals surface area contributed by atoms with Crippen LogP contribution in [0.25, 0.3) is 5.70 Å². The van der Waals surface area contributed by atoms with Crippen molar-refractivity contribution < 1.29 is 9.18 Å². The molecule has 1 aliphatic heterocycles. The van der Waals surface area contributed by atoms with E-state index in [0.29, 0.717) is 35.4 Å². The van der Waals surface area contributed by atoms with E-state index in [0.717, 1.165) is 5.56 Å². The molecule has 5 nitrogen and oxygen atoms in total. The summed E-state index contributed by atoms with van der Waals surface area (Å²) < 4.78 is 14.5. The Kier molecular flexibility index (Phi) is 5.51. The number of likely N-dealkylation sites (tertiary alicyclic amines) is 1. The fourth-order valence-electron chi connectivity index (χ4n) is 3.37. The average molecular weight is 390 g/mol. The van der Waals surface area contributed by atoms with Gasteiger partial charge in [0.15, 0.2) is 0 Å². The molecule has 1 amide bonds. The van der Waals surface area contributed by atoms with E-state index in [1.165, 1.54) is 12.1 Å². The highest BCUT2D eigenvalue weighted by atomic mass is 19.1. The topological polar surface area (TPSA) is 94.0 Å². The lowest BCUT2D eigenvalue weighted by molar-refractivity contribution is 0.0601. The second-order valence-corrected chi connectivity index (χ2v) is 7.45. The van der Waals surface area contributed by atoms with Crippen LogP contribution in [-0.2, 0) is 0 Å². The molecule has 3 rings (SSSR count). The molecule has 1 aliphatic rings. The van der Waals surface area contributed by atoms with Crippen LogP contribution in [0.2, 0.25) is 0 Å². The number of nitriles is 1. The normalized spacial score (nSPS) is 14.7. The molecule has 1 fully saturated rings. The monoisotopic (exact) mass is 390 g/mol. The summed E-state index contributed by atoms with van der Waals surface area (Å²) in [5.74, 6) is -0.443. The fraction of sp³-hybridized carbons (Fsp3) is 0.261. The lowest BCUT2D eigenvalue weighted by atomic mass is 9.89. The smallest absolute Gasteiger partial charge is 0.254 e. The first-order valence-electron chi connectivity index (χ1n) is 9.34. The van der Waals surface area contributed by atoms with Crippen molar-refractivity contribution in [3.63, 3.8) is 0 Å². The second-order valence-electron chi connectivity index (χ2n) is 7.45. The van der Waals surface area contributed by atoms with E-state index in [9.17, 15) is 9.18 Å². The van der Waals surface area contributed by atoms with Crippen molar-refractivity contribution in [2.45, 2.75) is 26.7 Å². The molecular weight excluding hydrogens is 367 g/mol. The predicted octanol–water partition coefficient (Wildman–Crippen LogP) is 3.97. The van der Waals surface area contributed by atoms with Crippen LogP contribution in [0.5, 0.6) is 0 Å². The minimum absolute atomic E-state index is 0.146. The Hall–Kier alpha value is -3.46. The van der Waals surface area contributed by atoms with Gasteiger partial charge < -0.3 is 16.0 Å². The first-order valence-corrected chi connectivity index (χ1v) is 9.34. The Morgan fingerprint density at radius 3 is 2.38 bits per heavy atom. The van der Waals surface area contributed by atoms with Crippen LogP contribution in [0.4, 0.5) is 4.39 Å². The number of nitrogens with one attached hydrogen (secondary N) is 1. The van der Waals surface area contributed by atoms with E-state index in [4.69, 9.17) is 16.4 Å². The van der Waals surface area contributed by atoms with Crippen molar-refractivity contribution in [1.82, 2.24) is 4.90 Å². The number of hydrogen-bond donors (Lipinski definition) is 2. The summed E-state index contributed by atoms with van der Waals surface area (Å²) in [6.45, 7) is 6.09. The number of carbonyl (C=O) groups excluding carboxylic acids is 1. The Balaban J connectivity index is 1.81. The third-order valence-electron chi connectivity index (χ3n) is 5.48. The summed E-state index contributed by atoms with van der Waals surface area (Å²) in [6, 6.07) is 12.3. The molecule has 0 saturated carbocycles. The van der Waals surface area contributed by atoms with E-state index in [1.54, 1.807) is 37.8 Å². The van der Waals surface area contributed by atoms with Crippen molar-refractivity contribution >= 4 is 17.3 Å². The van der Waals surface area contributed by atoms with Crippen LogP contribution in [-0.4, -0.2) is 29.6 Å². The molecule has 0 atom stereocenters. The van der Waals surface area contributed by atoms with E-state index in [2.05, 4.69) is 6.07 Å². The van der Waals surface area contributed by atoms with Crippen LogP contribution < -0.4 is 5.73 Å². The van der Waals surface area contributed by atoms with Crippen LogP contribution in [0.3, 0.4) is 0 Å². The number of carbonyl (C=O) groups is 1. The lowest BCUT2D eigenvalue weighted by Crippen LogP contribution is -2.48. The lowest BCUT2D eigenvalue weighted by Gasteiger charge is -2.40. The highest BCUT2D eigenvalue weighted by molar-refractivity contribution is 6.03. The molecule has 0 radical (unpaired) electrons. The maximum atomic E-state index is 14.5. The van der Waals surface area contributed by atoms with Gasteiger partial charge in [-0.15, -0.1) is 0 Å². The first-order chi connectivity index (χ1) is 13.7. The average Bonchev–Trinajstić information content (AvgIpc) is 2.66. The SMILES string of the molecule is CC(=N)/C(C)=C(\N)c1cc(C(=O)N2CC(c3ccc(C#N)cc3)C2)c(C)cc1F. The van der Waals surface area contributed by atoms with Crippen LogP contribution in [0.15, 0.2) is 42.0 Å². The van der Waals surface area contributed by atoms with Crippen LogP contribution in [0.1, 0.15) is 52.4 Å². The number of nitrogens with two attached hydrogens (primary N) is 1. The summed E-state index contributed by atoms with van der Waals surface area (Å²) in [7, 11) is 0. The van der Waals surface area contributed by atoms with Gasteiger partial charge in [-0.05, 0) is 61.7 Å². The maximum Gasteiger partial charge on any atom is 0.254 e. The number of hydrogen-bond acceptors (Lipinski definition) is 4. The summed E-state index contributed by atoms with van der Waals surface area (Å²) in [6.07, 6.45) is 0. The van der Waals surface area contributed by atoms with Crippen molar-refractivity contribution in [3.05, 3.63) is 75.6 Å². The highest BCUT2D eigenvalue weighted by Gasteiger charge is 2.33. The Morgan fingerprint density at radius 2 is 1.83 bits per heavy atom. The van der Waals surface area contributed by atoms with Gasteiger partial charge >= 0.3 is 0 Å². The molecule has 0 aliphatic carbocycles. The molecule has 3 N–H and O–H groups in total. The number of nitrogens with zero attached hydrogens (tertiary/aromatic N) is 2. The molecule has 148 valence electrons. The zero-order valence-corrected chi connectivity index (χ0v) is 16.7. The fourth-order valence-corrected chi connectivity index (χ4v) is 3.37. The Bertz CT molecular complexity index is 1060. The molecule has 0 unspecified atom stereocenters. The molecule has 6 heteroatoms. The molecule has 1 heterocycles. The molecule has 0 bridgehead atoms. The van der Waals surface area contributed by atoms with Crippen molar-refractivity contribution in [2.75, 3.05) is 13.1 Å². The van der Waals surface area contributed by atoms with E-state index in [-0.39, 0.29) is 28.8 Å². The van der Waals surface area contributed by atoms with Gasteiger partial charge in [0, 0.05) is 41.5 Å². The van der Waals surface area contributed by atoms with E-state index in [1.807, 2.05) is 12.1 Å². The molecule has 0 aromatic heterocycles. The van der Waals surface area contributed by atoms with Gasteiger partial charge in [-0.25, -0.2) is 4.39 Å². The summed E-state index contributed by atoms with van der Waals surface area (Å²) in [4.78, 5) is 14.7. The van der Waals surface area contributed by atoms with E-state index < -0.39 is 5.82 Å².